The van der Waals surface area contributed by atoms with E-state index < -0.39 is 40.1 Å². The quantitative estimate of drug-likeness (QED) is 0.344. The minimum Gasteiger partial charge on any atom is -0.467 e. The number of hydrogen-bond acceptors (Lipinski definition) is 7. The fraction of sp³-hybridized carbons (Fsp3) is 0.769. The molecular formula is C13H18Cl3NO6. The van der Waals surface area contributed by atoms with E-state index in [4.69, 9.17) is 54.4 Å². The van der Waals surface area contributed by atoms with Gasteiger partial charge in [-0.1, -0.05) is 48.7 Å². The third-order valence-corrected chi connectivity index (χ3v) is 4.12. The SMILES string of the molecule is COC(=O)C1OC(OC(=N)C(Cl)(Cl)Cl)C(OC(C)=O)[C@@H](C)[C@@H]1C. The Hall–Kier alpha value is -0.760. The molecule has 0 aliphatic carbocycles. The molecule has 7 nitrogen and oxygen atoms in total. The summed E-state index contributed by atoms with van der Waals surface area (Å²) in [5.74, 6) is -2.55. The van der Waals surface area contributed by atoms with E-state index >= 15 is 0 Å². The number of halogens is 3. The van der Waals surface area contributed by atoms with Crippen LogP contribution in [0.15, 0.2) is 0 Å². The number of ether oxygens (including phenoxy) is 4. The maximum atomic E-state index is 11.8. The van der Waals surface area contributed by atoms with Crippen molar-refractivity contribution in [3.63, 3.8) is 0 Å². The highest BCUT2D eigenvalue weighted by Crippen LogP contribution is 2.36. The average Bonchev–Trinajstić information content (AvgIpc) is 2.44. The van der Waals surface area contributed by atoms with E-state index in [1.807, 2.05) is 0 Å². The van der Waals surface area contributed by atoms with Crippen molar-refractivity contribution in [2.75, 3.05) is 7.11 Å². The monoisotopic (exact) mass is 389 g/mol. The standard InChI is InChI=1S/C13H18Cl3NO6/c1-5-6(2)9(21-7(3)18)11(22-8(5)10(19)20-4)23-12(17)13(14,15)16/h5-6,8-9,11,17H,1-4H3/t5-,6-,8?,9?,11?/m0/s1. The van der Waals surface area contributed by atoms with Crippen LogP contribution in [0.4, 0.5) is 0 Å². The minimum absolute atomic E-state index is 0.325. The van der Waals surface area contributed by atoms with Crippen LogP contribution in [0.1, 0.15) is 20.8 Å². The zero-order valence-corrected chi connectivity index (χ0v) is 15.2. The molecule has 3 unspecified atom stereocenters. The first kappa shape index (κ1) is 20.3. The van der Waals surface area contributed by atoms with Gasteiger partial charge in [-0.05, 0) is 5.92 Å². The van der Waals surface area contributed by atoms with Crippen LogP contribution in [0, 0.1) is 17.2 Å². The van der Waals surface area contributed by atoms with Crippen molar-refractivity contribution in [3.05, 3.63) is 0 Å². The molecule has 1 aliphatic heterocycles. The zero-order chi connectivity index (χ0) is 17.9. The van der Waals surface area contributed by atoms with E-state index in [9.17, 15) is 9.59 Å². The number of carbonyl (C=O) groups is 2. The van der Waals surface area contributed by atoms with Gasteiger partial charge in [0.15, 0.2) is 12.2 Å². The molecule has 0 spiro atoms. The van der Waals surface area contributed by atoms with E-state index in [1.54, 1.807) is 13.8 Å². The Balaban J connectivity index is 3.05. The minimum atomic E-state index is -2.11. The van der Waals surface area contributed by atoms with E-state index in [2.05, 4.69) is 4.74 Å². The molecule has 0 aromatic heterocycles. The Kier molecular flexibility index (Phi) is 6.95. The molecule has 0 aromatic carbocycles. The molecule has 0 saturated carbocycles. The van der Waals surface area contributed by atoms with Crippen molar-refractivity contribution >= 4 is 52.6 Å². The Bertz CT molecular complexity index is 481. The number of nitrogens with one attached hydrogen (secondary N) is 1. The molecule has 0 radical (unpaired) electrons. The fourth-order valence-corrected chi connectivity index (χ4v) is 2.32. The second kappa shape index (κ2) is 7.88. The molecule has 1 rings (SSSR count). The number of carbonyl (C=O) groups excluding carboxylic acids is 2. The van der Waals surface area contributed by atoms with Gasteiger partial charge in [-0.15, -0.1) is 0 Å². The predicted molar refractivity (Wildman–Crippen MR) is 83.7 cm³/mol. The highest BCUT2D eigenvalue weighted by Gasteiger charge is 2.49. The van der Waals surface area contributed by atoms with Crippen molar-refractivity contribution in [2.24, 2.45) is 11.8 Å². The summed E-state index contributed by atoms with van der Waals surface area (Å²) >= 11 is 16.7. The number of esters is 2. The molecule has 1 fully saturated rings. The molecule has 0 amide bonds. The smallest absolute Gasteiger partial charge is 0.335 e. The number of methoxy groups -OCH3 is 1. The number of alkyl halides is 3. The van der Waals surface area contributed by atoms with Gasteiger partial charge in [0.25, 0.3) is 3.79 Å². The summed E-state index contributed by atoms with van der Waals surface area (Å²) < 4.78 is 18.5. The summed E-state index contributed by atoms with van der Waals surface area (Å²) in [6, 6.07) is 0. The molecule has 23 heavy (non-hydrogen) atoms. The highest BCUT2D eigenvalue weighted by atomic mass is 35.6. The van der Waals surface area contributed by atoms with Gasteiger partial charge < -0.3 is 18.9 Å². The second-order valence-electron chi connectivity index (χ2n) is 5.19. The molecule has 0 aromatic rings. The first-order chi connectivity index (χ1) is 10.5. The van der Waals surface area contributed by atoms with E-state index in [0.29, 0.717) is 0 Å². The lowest BCUT2D eigenvalue weighted by Crippen LogP contribution is -2.55. The summed E-state index contributed by atoms with van der Waals surface area (Å²) in [4.78, 5) is 23.1. The average molecular weight is 391 g/mol. The number of hydrogen-bond donors (Lipinski definition) is 1. The van der Waals surface area contributed by atoms with Gasteiger partial charge in [0, 0.05) is 12.8 Å². The van der Waals surface area contributed by atoms with Crippen LogP contribution in [-0.4, -0.2) is 47.2 Å². The molecule has 0 bridgehead atoms. The lowest BCUT2D eigenvalue weighted by molar-refractivity contribution is -0.253. The Morgan fingerprint density at radius 3 is 2.13 bits per heavy atom. The lowest BCUT2D eigenvalue weighted by atomic mass is 9.83. The van der Waals surface area contributed by atoms with Crippen LogP contribution in [0.5, 0.6) is 0 Å². The first-order valence-corrected chi connectivity index (χ1v) is 7.85. The normalized spacial score (nSPS) is 31.2. The molecule has 1 aliphatic rings. The molecule has 1 heterocycles. The van der Waals surface area contributed by atoms with Crippen LogP contribution in [0.2, 0.25) is 0 Å². The van der Waals surface area contributed by atoms with Gasteiger partial charge in [-0.25, -0.2) is 4.79 Å². The van der Waals surface area contributed by atoms with Crippen molar-refractivity contribution in [2.45, 2.75) is 43.1 Å². The Labute approximate surface area is 148 Å². The van der Waals surface area contributed by atoms with Crippen LogP contribution < -0.4 is 0 Å². The van der Waals surface area contributed by atoms with Crippen LogP contribution >= 0.6 is 34.8 Å². The number of rotatable bonds is 3. The highest BCUT2D eigenvalue weighted by molar-refractivity contribution is 6.76. The van der Waals surface area contributed by atoms with E-state index in [0.717, 1.165) is 0 Å². The third-order valence-electron chi connectivity index (χ3n) is 3.60. The summed E-state index contributed by atoms with van der Waals surface area (Å²) in [6.45, 7) is 4.73. The van der Waals surface area contributed by atoms with Crippen molar-refractivity contribution in [1.82, 2.24) is 0 Å². The summed E-state index contributed by atoms with van der Waals surface area (Å²) in [7, 11) is 1.22. The van der Waals surface area contributed by atoms with Crippen molar-refractivity contribution in [1.29, 1.82) is 5.41 Å². The van der Waals surface area contributed by atoms with Gasteiger partial charge in [-0.2, -0.15) is 0 Å². The van der Waals surface area contributed by atoms with Gasteiger partial charge in [0.1, 0.15) is 0 Å². The van der Waals surface area contributed by atoms with E-state index in [-0.39, 0.29) is 11.8 Å². The predicted octanol–water partition coefficient (Wildman–Crippen LogP) is 2.45. The summed E-state index contributed by atoms with van der Waals surface area (Å²) in [6.07, 6.45) is -3.12. The summed E-state index contributed by atoms with van der Waals surface area (Å²) in [5, 5.41) is 7.63. The largest absolute Gasteiger partial charge is 0.467 e. The third kappa shape index (κ3) is 5.11. The Morgan fingerprint density at radius 1 is 1.13 bits per heavy atom. The van der Waals surface area contributed by atoms with Crippen molar-refractivity contribution in [3.8, 4) is 0 Å². The molecule has 132 valence electrons. The fourth-order valence-electron chi connectivity index (χ4n) is 2.19. The van der Waals surface area contributed by atoms with Crippen LogP contribution in [-0.2, 0) is 28.5 Å². The van der Waals surface area contributed by atoms with Gasteiger partial charge in [-0.3, -0.25) is 10.2 Å². The lowest BCUT2D eigenvalue weighted by Gasteiger charge is -2.42. The molecular weight excluding hydrogens is 373 g/mol. The maximum Gasteiger partial charge on any atom is 0.335 e. The van der Waals surface area contributed by atoms with Gasteiger partial charge in [0.2, 0.25) is 12.2 Å². The molecule has 5 atom stereocenters. The summed E-state index contributed by atoms with van der Waals surface area (Å²) in [5.41, 5.74) is 0. The van der Waals surface area contributed by atoms with Crippen LogP contribution in [0.25, 0.3) is 0 Å². The van der Waals surface area contributed by atoms with E-state index in [1.165, 1.54) is 14.0 Å². The van der Waals surface area contributed by atoms with Crippen molar-refractivity contribution < 1.29 is 28.5 Å². The molecule has 1 saturated heterocycles. The molecule has 1 N–H and O–H groups in total. The first-order valence-electron chi connectivity index (χ1n) is 6.72. The zero-order valence-electron chi connectivity index (χ0n) is 13.0. The maximum absolute atomic E-state index is 11.8. The molecule has 10 heteroatoms. The van der Waals surface area contributed by atoms with Crippen LogP contribution in [0.3, 0.4) is 0 Å². The topological polar surface area (TPSA) is 94.9 Å². The van der Waals surface area contributed by atoms with Gasteiger partial charge >= 0.3 is 11.9 Å². The second-order valence-corrected chi connectivity index (χ2v) is 7.47. The van der Waals surface area contributed by atoms with Gasteiger partial charge in [0.05, 0.1) is 7.11 Å². The Morgan fingerprint density at radius 2 is 1.70 bits per heavy atom.